The molecule has 144 valence electrons. The number of hydrogen-bond acceptors (Lipinski definition) is 3. The Kier molecular flexibility index (Phi) is 5.65. The molecule has 0 aliphatic heterocycles. The van der Waals surface area contributed by atoms with Crippen molar-refractivity contribution in [2.24, 2.45) is 0 Å². The number of hydrogen-bond donors (Lipinski definition) is 0. The van der Waals surface area contributed by atoms with Gasteiger partial charge < -0.3 is 4.74 Å². The molecule has 0 fully saturated rings. The van der Waals surface area contributed by atoms with Crippen molar-refractivity contribution in [2.45, 2.75) is 0 Å². The number of para-hydroxylation sites is 1. The number of aromatic nitrogens is 2. The molecule has 0 radical (unpaired) electrons. The molecule has 0 aliphatic rings. The molecule has 0 atom stereocenters. The lowest BCUT2D eigenvalue weighted by atomic mass is 10.1. The number of fused-ring (bicyclic) bond motifs is 1. The lowest BCUT2D eigenvalue weighted by Gasteiger charge is -2.12. The van der Waals surface area contributed by atoms with Crippen LogP contribution in [0.2, 0.25) is 0 Å². The third-order valence-corrected chi connectivity index (χ3v) is 5.51. The van der Waals surface area contributed by atoms with Crippen LogP contribution in [-0.4, -0.2) is 16.7 Å². The van der Waals surface area contributed by atoms with Gasteiger partial charge >= 0.3 is 0 Å². The molecule has 0 bridgehead atoms. The largest absolute Gasteiger partial charge is 0.496 e. The Morgan fingerprint density at radius 1 is 0.931 bits per heavy atom. The van der Waals surface area contributed by atoms with Crippen LogP contribution in [-0.2, 0) is 0 Å². The van der Waals surface area contributed by atoms with Gasteiger partial charge in [-0.15, -0.1) is 0 Å². The Morgan fingerprint density at radius 2 is 1.66 bits per heavy atom. The molecule has 4 nitrogen and oxygen atoms in total. The fraction of sp³-hybridized carbons (Fsp3) is 0.0435. The predicted octanol–water partition coefficient (Wildman–Crippen LogP) is 6.09. The summed E-state index contributed by atoms with van der Waals surface area (Å²) < 4.78 is 8.95. The quantitative estimate of drug-likeness (QED) is 0.333. The average molecular weight is 512 g/mol. The Bertz CT molecular complexity index is 1280. The summed E-state index contributed by atoms with van der Waals surface area (Å²) in [6, 6.07) is 20.7. The van der Waals surface area contributed by atoms with Crippen LogP contribution in [0.1, 0.15) is 11.4 Å². The lowest BCUT2D eigenvalue weighted by Crippen LogP contribution is -2.22. The van der Waals surface area contributed by atoms with Crippen molar-refractivity contribution < 1.29 is 4.74 Å². The maximum Gasteiger partial charge on any atom is 0.266 e. The Morgan fingerprint density at radius 3 is 2.41 bits per heavy atom. The zero-order valence-corrected chi connectivity index (χ0v) is 18.6. The molecule has 0 saturated heterocycles. The first kappa shape index (κ1) is 19.6. The number of methoxy groups -OCH3 is 1. The van der Waals surface area contributed by atoms with Gasteiger partial charge in [0.2, 0.25) is 0 Å². The van der Waals surface area contributed by atoms with Gasteiger partial charge in [0.25, 0.3) is 5.56 Å². The smallest absolute Gasteiger partial charge is 0.266 e. The van der Waals surface area contributed by atoms with Crippen LogP contribution in [0.15, 0.2) is 80.5 Å². The van der Waals surface area contributed by atoms with Gasteiger partial charge in [0.1, 0.15) is 11.6 Å². The molecule has 0 amide bonds. The van der Waals surface area contributed by atoms with Crippen LogP contribution in [0.4, 0.5) is 0 Å². The maximum atomic E-state index is 13.3. The van der Waals surface area contributed by atoms with Crippen molar-refractivity contribution >= 4 is 54.9 Å². The van der Waals surface area contributed by atoms with Crippen molar-refractivity contribution in [1.29, 1.82) is 0 Å². The standard InChI is InChI=1S/C23H16Br2N2O2/c1-29-21-12-9-17(25)14-15(21)6-13-22-26-20-5-3-2-4-19(20)23(28)27(22)18-10-7-16(24)8-11-18/h2-14H,1H3/b13-6+. The van der Waals surface area contributed by atoms with Gasteiger partial charge in [-0.2, -0.15) is 0 Å². The van der Waals surface area contributed by atoms with E-state index in [4.69, 9.17) is 9.72 Å². The van der Waals surface area contributed by atoms with E-state index in [0.717, 1.165) is 25.9 Å². The minimum Gasteiger partial charge on any atom is -0.496 e. The van der Waals surface area contributed by atoms with Gasteiger partial charge in [0, 0.05) is 14.5 Å². The average Bonchev–Trinajstić information content (AvgIpc) is 2.73. The van der Waals surface area contributed by atoms with Crippen LogP contribution >= 0.6 is 31.9 Å². The van der Waals surface area contributed by atoms with Crippen molar-refractivity contribution in [3.63, 3.8) is 0 Å². The number of nitrogens with zero attached hydrogens (tertiary/aromatic N) is 2. The van der Waals surface area contributed by atoms with Crippen LogP contribution in [0.25, 0.3) is 28.7 Å². The van der Waals surface area contributed by atoms with Gasteiger partial charge in [-0.05, 0) is 66.7 Å². The van der Waals surface area contributed by atoms with Crippen molar-refractivity contribution in [1.82, 2.24) is 9.55 Å². The molecule has 3 aromatic carbocycles. The van der Waals surface area contributed by atoms with Crippen LogP contribution in [0.5, 0.6) is 5.75 Å². The zero-order chi connectivity index (χ0) is 20.4. The number of halogens is 2. The summed E-state index contributed by atoms with van der Waals surface area (Å²) in [4.78, 5) is 18.0. The number of benzene rings is 3. The molecule has 0 spiro atoms. The summed E-state index contributed by atoms with van der Waals surface area (Å²) in [6.45, 7) is 0. The summed E-state index contributed by atoms with van der Waals surface area (Å²) in [7, 11) is 1.63. The second-order valence-electron chi connectivity index (χ2n) is 6.32. The number of rotatable bonds is 4. The lowest BCUT2D eigenvalue weighted by molar-refractivity contribution is 0.414. The normalized spacial score (nSPS) is 11.3. The first-order valence-electron chi connectivity index (χ1n) is 8.86. The molecule has 29 heavy (non-hydrogen) atoms. The van der Waals surface area contributed by atoms with Gasteiger partial charge in [0.15, 0.2) is 0 Å². The van der Waals surface area contributed by atoms with E-state index in [9.17, 15) is 4.79 Å². The van der Waals surface area contributed by atoms with Crippen molar-refractivity contribution in [3.8, 4) is 11.4 Å². The highest BCUT2D eigenvalue weighted by Crippen LogP contribution is 2.25. The van der Waals surface area contributed by atoms with E-state index in [1.54, 1.807) is 17.7 Å². The highest BCUT2D eigenvalue weighted by Gasteiger charge is 2.11. The summed E-state index contributed by atoms with van der Waals surface area (Å²) in [5.41, 5.74) is 2.18. The second-order valence-corrected chi connectivity index (χ2v) is 8.16. The Labute approximate surface area is 184 Å². The van der Waals surface area contributed by atoms with E-state index in [-0.39, 0.29) is 5.56 Å². The SMILES string of the molecule is COc1ccc(Br)cc1/C=C/c1nc2ccccc2c(=O)n1-c1ccc(Br)cc1. The highest BCUT2D eigenvalue weighted by molar-refractivity contribution is 9.10. The molecule has 1 heterocycles. The van der Waals surface area contributed by atoms with E-state index in [1.165, 1.54) is 0 Å². The first-order valence-corrected chi connectivity index (χ1v) is 10.4. The van der Waals surface area contributed by atoms with E-state index < -0.39 is 0 Å². The van der Waals surface area contributed by atoms with E-state index in [2.05, 4.69) is 31.9 Å². The van der Waals surface area contributed by atoms with Gasteiger partial charge in [-0.3, -0.25) is 9.36 Å². The van der Waals surface area contributed by atoms with E-state index >= 15 is 0 Å². The third-order valence-electron chi connectivity index (χ3n) is 4.49. The predicted molar refractivity (Wildman–Crippen MR) is 125 cm³/mol. The molecule has 4 rings (SSSR count). The molecule has 1 aromatic heterocycles. The number of ether oxygens (including phenoxy) is 1. The zero-order valence-electron chi connectivity index (χ0n) is 15.5. The Hall–Kier alpha value is -2.70. The molecular formula is C23H16Br2N2O2. The maximum absolute atomic E-state index is 13.3. The minimum absolute atomic E-state index is 0.112. The van der Waals surface area contributed by atoms with Gasteiger partial charge in [-0.25, -0.2) is 4.98 Å². The van der Waals surface area contributed by atoms with Crippen LogP contribution in [0.3, 0.4) is 0 Å². The topological polar surface area (TPSA) is 44.1 Å². The van der Waals surface area contributed by atoms with Crippen molar-refractivity contribution in [3.05, 3.63) is 97.4 Å². The fourth-order valence-corrected chi connectivity index (χ4v) is 3.74. The molecule has 0 aliphatic carbocycles. The van der Waals surface area contributed by atoms with Crippen LogP contribution < -0.4 is 10.3 Å². The van der Waals surface area contributed by atoms with E-state index in [1.807, 2.05) is 72.8 Å². The molecule has 4 aromatic rings. The minimum atomic E-state index is -0.112. The molecule has 0 N–H and O–H groups in total. The van der Waals surface area contributed by atoms with E-state index in [0.29, 0.717) is 16.7 Å². The fourth-order valence-electron chi connectivity index (χ4n) is 3.10. The summed E-state index contributed by atoms with van der Waals surface area (Å²) in [5.74, 6) is 1.28. The second kappa shape index (κ2) is 8.35. The van der Waals surface area contributed by atoms with Gasteiger partial charge in [0.05, 0.1) is 23.7 Å². The molecular weight excluding hydrogens is 496 g/mol. The first-order chi connectivity index (χ1) is 14.1. The highest BCUT2D eigenvalue weighted by atomic mass is 79.9. The molecule has 0 unspecified atom stereocenters. The van der Waals surface area contributed by atoms with Crippen LogP contribution in [0, 0.1) is 0 Å². The molecule has 0 saturated carbocycles. The summed E-state index contributed by atoms with van der Waals surface area (Å²) in [5, 5.41) is 0.576. The molecule has 6 heteroatoms. The van der Waals surface area contributed by atoms with Crippen molar-refractivity contribution in [2.75, 3.05) is 7.11 Å². The van der Waals surface area contributed by atoms with Gasteiger partial charge in [-0.1, -0.05) is 44.0 Å². The Balaban J connectivity index is 1.94. The monoisotopic (exact) mass is 510 g/mol. The third kappa shape index (κ3) is 4.04. The summed E-state index contributed by atoms with van der Waals surface area (Å²) >= 11 is 6.93. The summed E-state index contributed by atoms with van der Waals surface area (Å²) in [6.07, 6.45) is 3.73.